The second-order valence-corrected chi connectivity index (χ2v) is 6.96. The van der Waals surface area contributed by atoms with Crippen molar-refractivity contribution in [3.05, 3.63) is 65.7 Å². The van der Waals surface area contributed by atoms with Gasteiger partial charge in [-0.05, 0) is 37.5 Å². The van der Waals surface area contributed by atoms with E-state index in [2.05, 4.69) is 5.32 Å². The molecule has 2 aromatic carbocycles. The van der Waals surface area contributed by atoms with E-state index in [-0.39, 0.29) is 24.3 Å². The van der Waals surface area contributed by atoms with Crippen LogP contribution in [-0.4, -0.2) is 36.4 Å². The molecule has 0 atom stereocenters. The van der Waals surface area contributed by atoms with Gasteiger partial charge in [-0.25, -0.2) is 0 Å². The molecule has 0 aromatic heterocycles. The van der Waals surface area contributed by atoms with Gasteiger partial charge in [0.25, 0.3) is 5.91 Å². The van der Waals surface area contributed by atoms with Crippen LogP contribution in [-0.2, 0) is 16.1 Å². The third kappa shape index (κ3) is 5.58. The molecule has 5 nitrogen and oxygen atoms in total. The first-order valence-electron chi connectivity index (χ1n) is 9.40. The third-order valence-corrected chi connectivity index (χ3v) is 4.91. The summed E-state index contributed by atoms with van der Waals surface area (Å²) in [5.41, 5.74) is 2.24. The molecular formula is C22H26N2O3. The summed E-state index contributed by atoms with van der Waals surface area (Å²) in [7, 11) is 0. The lowest BCUT2D eigenvalue weighted by Gasteiger charge is -2.31. The van der Waals surface area contributed by atoms with Crippen molar-refractivity contribution >= 4 is 11.8 Å². The molecule has 0 saturated carbocycles. The molecule has 0 spiro atoms. The van der Waals surface area contributed by atoms with Crippen LogP contribution < -0.4 is 10.1 Å². The van der Waals surface area contributed by atoms with E-state index in [0.717, 1.165) is 11.1 Å². The van der Waals surface area contributed by atoms with E-state index in [1.165, 1.54) is 0 Å². The predicted octanol–water partition coefficient (Wildman–Crippen LogP) is 2.93. The molecule has 3 rings (SSSR count). The van der Waals surface area contributed by atoms with Gasteiger partial charge < -0.3 is 15.0 Å². The van der Waals surface area contributed by atoms with Crippen molar-refractivity contribution in [1.82, 2.24) is 10.2 Å². The van der Waals surface area contributed by atoms with Crippen molar-refractivity contribution in [2.24, 2.45) is 5.92 Å². The van der Waals surface area contributed by atoms with E-state index in [1.54, 1.807) is 4.90 Å². The van der Waals surface area contributed by atoms with Gasteiger partial charge in [-0.1, -0.05) is 48.0 Å². The van der Waals surface area contributed by atoms with Crippen molar-refractivity contribution in [2.75, 3.05) is 19.7 Å². The first-order valence-corrected chi connectivity index (χ1v) is 9.40. The van der Waals surface area contributed by atoms with E-state index in [0.29, 0.717) is 38.2 Å². The molecule has 1 heterocycles. The van der Waals surface area contributed by atoms with Crippen molar-refractivity contribution in [1.29, 1.82) is 0 Å². The van der Waals surface area contributed by atoms with Crippen LogP contribution in [0, 0.1) is 12.8 Å². The number of carbonyl (C=O) groups excluding carboxylic acids is 2. The van der Waals surface area contributed by atoms with E-state index < -0.39 is 0 Å². The van der Waals surface area contributed by atoms with Crippen molar-refractivity contribution in [3.63, 3.8) is 0 Å². The van der Waals surface area contributed by atoms with E-state index in [1.807, 2.05) is 61.5 Å². The normalized spacial score (nSPS) is 14.6. The predicted molar refractivity (Wildman–Crippen MR) is 104 cm³/mol. The molecule has 1 fully saturated rings. The molecule has 1 aliphatic heterocycles. The Bertz CT molecular complexity index is 751. The summed E-state index contributed by atoms with van der Waals surface area (Å²) in [6, 6.07) is 17.5. The van der Waals surface area contributed by atoms with Gasteiger partial charge in [-0.3, -0.25) is 9.59 Å². The van der Waals surface area contributed by atoms with Crippen molar-refractivity contribution in [3.8, 4) is 5.75 Å². The minimum atomic E-state index is -0.0317. The molecule has 1 saturated heterocycles. The zero-order valence-electron chi connectivity index (χ0n) is 15.7. The molecule has 1 N–H and O–H groups in total. The first-order chi connectivity index (χ1) is 13.1. The summed E-state index contributed by atoms with van der Waals surface area (Å²) in [5.74, 6) is 0.709. The number of rotatable bonds is 6. The van der Waals surface area contributed by atoms with Gasteiger partial charge in [0.05, 0.1) is 0 Å². The number of piperidine rings is 1. The van der Waals surface area contributed by atoms with Gasteiger partial charge in [0.1, 0.15) is 5.75 Å². The third-order valence-electron chi connectivity index (χ3n) is 4.91. The molecule has 2 amide bonds. The molecule has 2 aromatic rings. The number of nitrogens with one attached hydrogen (secondary N) is 1. The summed E-state index contributed by atoms with van der Waals surface area (Å²) in [6.45, 7) is 3.78. The van der Waals surface area contributed by atoms with Crippen molar-refractivity contribution < 1.29 is 14.3 Å². The highest BCUT2D eigenvalue weighted by Crippen LogP contribution is 2.18. The lowest BCUT2D eigenvalue weighted by Crippen LogP contribution is -2.44. The summed E-state index contributed by atoms with van der Waals surface area (Å²) < 4.78 is 5.57. The van der Waals surface area contributed by atoms with Crippen LogP contribution in [0.2, 0.25) is 0 Å². The number of carbonyl (C=O) groups is 2. The lowest BCUT2D eigenvalue weighted by molar-refractivity contribution is -0.137. The average molecular weight is 366 g/mol. The van der Waals surface area contributed by atoms with Gasteiger partial charge in [0.15, 0.2) is 6.61 Å². The number of benzene rings is 2. The van der Waals surface area contributed by atoms with Crippen LogP contribution in [0.5, 0.6) is 5.75 Å². The Labute approximate surface area is 160 Å². The topological polar surface area (TPSA) is 58.6 Å². The summed E-state index contributed by atoms with van der Waals surface area (Å²) in [4.78, 5) is 26.5. The molecule has 0 radical (unpaired) electrons. The zero-order chi connectivity index (χ0) is 19.1. The molecular weight excluding hydrogens is 340 g/mol. The molecule has 0 unspecified atom stereocenters. The highest BCUT2D eigenvalue weighted by atomic mass is 16.5. The number of hydrogen-bond acceptors (Lipinski definition) is 3. The summed E-state index contributed by atoms with van der Waals surface area (Å²) in [5, 5.41) is 3.00. The smallest absolute Gasteiger partial charge is 0.260 e. The highest BCUT2D eigenvalue weighted by molar-refractivity contribution is 5.80. The maximum absolute atomic E-state index is 12.3. The Morgan fingerprint density at radius 3 is 2.37 bits per heavy atom. The minimum Gasteiger partial charge on any atom is -0.484 e. The van der Waals surface area contributed by atoms with Crippen LogP contribution in [0.4, 0.5) is 0 Å². The Hall–Kier alpha value is -2.82. The number of ether oxygens (including phenoxy) is 1. The first kappa shape index (κ1) is 19.0. The standard InChI is InChI=1S/C22H26N2O3/c1-17-7-9-20(10-8-17)27-16-21(25)24-13-11-19(12-14-24)22(26)23-15-18-5-3-2-4-6-18/h2-10,19H,11-16H2,1H3,(H,23,26). The van der Waals surface area contributed by atoms with Gasteiger partial charge in [-0.15, -0.1) is 0 Å². The monoisotopic (exact) mass is 366 g/mol. The Morgan fingerprint density at radius 2 is 1.70 bits per heavy atom. The number of nitrogens with zero attached hydrogens (tertiary/aromatic N) is 1. The number of aryl methyl sites for hydroxylation is 1. The van der Waals surface area contributed by atoms with E-state index >= 15 is 0 Å². The quantitative estimate of drug-likeness (QED) is 0.855. The van der Waals surface area contributed by atoms with Gasteiger partial charge in [0.2, 0.25) is 5.91 Å². The molecule has 1 aliphatic rings. The second kappa shape index (κ2) is 9.21. The Balaban J connectivity index is 1.39. The maximum atomic E-state index is 12.3. The van der Waals surface area contributed by atoms with Crippen LogP contribution in [0.25, 0.3) is 0 Å². The fourth-order valence-electron chi connectivity index (χ4n) is 3.19. The fraction of sp³-hybridized carbons (Fsp3) is 0.364. The van der Waals surface area contributed by atoms with E-state index in [9.17, 15) is 9.59 Å². The minimum absolute atomic E-state index is 0.0290. The van der Waals surface area contributed by atoms with Gasteiger partial charge in [0, 0.05) is 25.6 Å². The van der Waals surface area contributed by atoms with E-state index in [4.69, 9.17) is 4.74 Å². The SMILES string of the molecule is Cc1ccc(OCC(=O)N2CCC(C(=O)NCc3ccccc3)CC2)cc1. The summed E-state index contributed by atoms with van der Waals surface area (Å²) in [6.07, 6.45) is 1.38. The number of amides is 2. The molecule has 27 heavy (non-hydrogen) atoms. The second-order valence-electron chi connectivity index (χ2n) is 6.96. The average Bonchev–Trinajstić information content (AvgIpc) is 2.72. The molecule has 0 aliphatic carbocycles. The summed E-state index contributed by atoms with van der Waals surface area (Å²) >= 11 is 0. The molecule has 142 valence electrons. The Morgan fingerprint density at radius 1 is 1.04 bits per heavy atom. The Kier molecular flexibility index (Phi) is 6.47. The van der Waals surface area contributed by atoms with Crippen LogP contribution in [0.1, 0.15) is 24.0 Å². The highest BCUT2D eigenvalue weighted by Gasteiger charge is 2.27. The van der Waals surface area contributed by atoms with Crippen LogP contribution in [0.15, 0.2) is 54.6 Å². The van der Waals surface area contributed by atoms with Gasteiger partial charge >= 0.3 is 0 Å². The lowest BCUT2D eigenvalue weighted by atomic mass is 9.96. The number of hydrogen-bond donors (Lipinski definition) is 1. The van der Waals surface area contributed by atoms with Gasteiger partial charge in [-0.2, -0.15) is 0 Å². The molecule has 0 bridgehead atoms. The zero-order valence-corrected chi connectivity index (χ0v) is 15.7. The van der Waals surface area contributed by atoms with Crippen LogP contribution >= 0.6 is 0 Å². The molecule has 5 heteroatoms. The largest absolute Gasteiger partial charge is 0.484 e. The van der Waals surface area contributed by atoms with Crippen LogP contribution in [0.3, 0.4) is 0 Å². The van der Waals surface area contributed by atoms with Crippen molar-refractivity contribution in [2.45, 2.75) is 26.3 Å². The number of likely N-dealkylation sites (tertiary alicyclic amines) is 1. The fourth-order valence-corrected chi connectivity index (χ4v) is 3.19. The maximum Gasteiger partial charge on any atom is 0.260 e.